The summed E-state index contributed by atoms with van der Waals surface area (Å²) in [5.41, 5.74) is 0.389. The maximum Gasteiger partial charge on any atom is 0.330 e. The van der Waals surface area contributed by atoms with Crippen molar-refractivity contribution in [1.29, 1.82) is 0 Å². The number of hydrogen-bond acceptors (Lipinski definition) is 3. The van der Waals surface area contributed by atoms with Gasteiger partial charge in [-0.05, 0) is 33.1 Å². The molecule has 0 saturated heterocycles. The number of carboxylic acids is 1. The van der Waals surface area contributed by atoms with Gasteiger partial charge in [-0.2, -0.15) is 0 Å². The first-order chi connectivity index (χ1) is 9.99. The molecule has 0 aromatic rings. The highest BCUT2D eigenvalue weighted by Gasteiger charge is 1.99. The van der Waals surface area contributed by atoms with E-state index in [0.717, 1.165) is 32.1 Å². The van der Waals surface area contributed by atoms with E-state index in [2.05, 4.69) is 0 Å². The molecule has 0 aliphatic carbocycles. The number of carbonyl (C=O) groups is 1. The van der Waals surface area contributed by atoms with Gasteiger partial charge in [0, 0.05) is 12.2 Å². The molecule has 0 amide bonds. The van der Waals surface area contributed by atoms with Crippen molar-refractivity contribution in [1.82, 2.24) is 0 Å². The minimum atomic E-state index is -0.845. The average molecular weight is 302 g/mol. The fraction of sp³-hybridized carbons (Fsp3) is 0.824. The summed E-state index contributed by atoms with van der Waals surface area (Å²) in [4.78, 5) is 9.86. The highest BCUT2D eigenvalue weighted by Crippen LogP contribution is 2.10. The molecule has 0 fully saturated rings. The molecule has 21 heavy (non-hydrogen) atoms. The Morgan fingerprint density at radius 1 is 1.05 bits per heavy atom. The summed E-state index contributed by atoms with van der Waals surface area (Å²) >= 11 is 0. The number of hydrogen-bond donors (Lipinski definition) is 3. The molecule has 0 aliphatic heterocycles. The van der Waals surface area contributed by atoms with Gasteiger partial charge < -0.3 is 15.3 Å². The van der Waals surface area contributed by atoms with Crippen LogP contribution in [0.5, 0.6) is 0 Å². The molecule has 0 aromatic carbocycles. The van der Waals surface area contributed by atoms with Gasteiger partial charge >= 0.3 is 5.97 Å². The minimum absolute atomic E-state index is 0.0793. The molecule has 0 heterocycles. The number of allylic oxidation sites excluding steroid dienone is 1. The van der Waals surface area contributed by atoms with Crippen molar-refractivity contribution < 1.29 is 20.1 Å². The summed E-state index contributed by atoms with van der Waals surface area (Å²) in [6.07, 6.45) is 11.7. The maximum atomic E-state index is 9.86. The summed E-state index contributed by atoms with van der Waals surface area (Å²) in [6.45, 7) is 5.62. The third kappa shape index (κ3) is 19.1. The second-order valence-electron chi connectivity index (χ2n) is 5.33. The molecule has 4 heteroatoms. The molecule has 0 spiro atoms. The Balaban J connectivity index is 0. The lowest BCUT2D eigenvalue weighted by atomic mass is 10.1. The van der Waals surface area contributed by atoms with Crippen LogP contribution >= 0.6 is 0 Å². The van der Waals surface area contributed by atoms with Crippen LogP contribution in [-0.4, -0.2) is 34.0 Å². The van der Waals surface area contributed by atoms with Crippen LogP contribution in [0.4, 0.5) is 0 Å². The van der Waals surface area contributed by atoms with Crippen molar-refractivity contribution >= 4 is 5.97 Å². The Hall–Kier alpha value is -0.870. The minimum Gasteiger partial charge on any atom is -0.478 e. The van der Waals surface area contributed by atoms with Gasteiger partial charge in [-0.1, -0.05) is 51.5 Å². The fourth-order valence-corrected chi connectivity index (χ4v) is 1.70. The third-order valence-corrected chi connectivity index (χ3v) is 3.44. The Morgan fingerprint density at radius 3 is 1.86 bits per heavy atom. The highest BCUT2D eigenvalue weighted by molar-refractivity contribution is 5.85. The Bertz CT molecular complexity index is 262. The molecule has 0 aliphatic rings. The van der Waals surface area contributed by atoms with E-state index in [-0.39, 0.29) is 6.10 Å². The molecule has 0 radical (unpaired) electrons. The van der Waals surface area contributed by atoms with Crippen LogP contribution in [0.15, 0.2) is 11.6 Å². The molecule has 1 unspecified atom stereocenters. The molecule has 0 bridgehead atoms. The molecule has 4 nitrogen and oxygen atoms in total. The van der Waals surface area contributed by atoms with Crippen LogP contribution < -0.4 is 0 Å². The Morgan fingerprint density at radius 2 is 1.52 bits per heavy atom. The third-order valence-electron chi connectivity index (χ3n) is 3.44. The summed E-state index contributed by atoms with van der Waals surface area (Å²) in [6, 6.07) is 0. The van der Waals surface area contributed by atoms with Gasteiger partial charge in [-0.15, -0.1) is 0 Å². The van der Waals surface area contributed by atoms with Crippen LogP contribution in [0, 0.1) is 0 Å². The summed E-state index contributed by atoms with van der Waals surface area (Å²) in [5, 5.41) is 26.0. The lowest BCUT2D eigenvalue weighted by Gasteiger charge is -2.06. The Labute approximate surface area is 129 Å². The molecule has 0 saturated carbocycles. The van der Waals surface area contributed by atoms with E-state index in [1.165, 1.54) is 25.7 Å². The van der Waals surface area contributed by atoms with Crippen molar-refractivity contribution in [2.24, 2.45) is 0 Å². The highest BCUT2D eigenvalue weighted by atomic mass is 16.4. The molecule has 1 atom stereocenters. The van der Waals surface area contributed by atoms with Crippen LogP contribution in [0.1, 0.15) is 78.6 Å². The first-order valence-electron chi connectivity index (χ1n) is 8.14. The topological polar surface area (TPSA) is 77.8 Å². The van der Waals surface area contributed by atoms with Crippen molar-refractivity contribution in [2.45, 2.75) is 84.7 Å². The summed E-state index contributed by atoms with van der Waals surface area (Å²) < 4.78 is 0. The van der Waals surface area contributed by atoms with Crippen molar-refractivity contribution in [2.75, 3.05) is 6.61 Å². The zero-order chi connectivity index (χ0) is 16.5. The van der Waals surface area contributed by atoms with Gasteiger partial charge in [0.25, 0.3) is 0 Å². The maximum absolute atomic E-state index is 9.86. The zero-order valence-corrected chi connectivity index (χ0v) is 14.0. The van der Waals surface area contributed by atoms with Crippen molar-refractivity contribution in [3.63, 3.8) is 0 Å². The SMILES string of the molecule is CC=C(C)C(=O)O.CCC(O)CCCCCCCCCO. The predicted octanol–water partition coefficient (Wildman–Crippen LogP) is 3.91. The smallest absolute Gasteiger partial charge is 0.330 e. The molecule has 0 aromatic heterocycles. The van der Waals surface area contributed by atoms with E-state index in [1.54, 1.807) is 19.9 Å². The largest absolute Gasteiger partial charge is 0.478 e. The van der Waals surface area contributed by atoms with Gasteiger partial charge in [0.05, 0.1) is 6.10 Å². The summed E-state index contributed by atoms with van der Waals surface area (Å²) in [5.74, 6) is -0.845. The number of rotatable bonds is 11. The van der Waals surface area contributed by atoms with Crippen molar-refractivity contribution in [3.05, 3.63) is 11.6 Å². The quantitative estimate of drug-likeness (QED) is 0.399. The number of aliphatic hydroxyl groups is 2. The second kappa shape index (κ2) is 17.2. The van der Waals surface area contributed by atoms with Crippen LogP contribution in [-0.2, 0) is 4.79 Å². The van der Waals surface area contributed by atoms with Gasteiger partial charge in [-0.3, -0.25) is 0 Å². The molecule has 0 rings (SSSR count). The van der Waals surface area contributed by atoms with Crippen LogP contribution in [0.2, 0.25) is 0 Å². The second-order valence-corrected chi connectivity index (χ2v) is 5.33. The first kappa shape index (κ1) is 22.4. The monoisotopic (exact) mass is 302 g/mol. The van der Waals surface area contributed by atoms with Gasteiger partial charge in [0.1, 0.15) is 0 Å². The zero-order valence-electron chi connectivity index (χ0n) is 14.0. The average Bonchev–Trinajstić information content (AvgIpc) is 2.49. The van der Waals surface area contributed by atoms with Crippen LogP contribution in [0.25, 0.3) is 0 Å². The van der Waals surface area contributed by atoms with Crippen LogP contribution in [0.3, 0.4) is 0 Å². The van der Waals surface area contributed by atoms with Crippen molar-refractivity contribution in [3.8, 4) is 0 Å². The van der Waals surface area contributed by atoms with E-state index in [0.29, 0.717) is 12.2 Å². The van der Waals surface area contributed by atoms with Gasteiger partial charge in [-0.25, -0.2) is 4.79 Å². The Kier molecular flexibility index (Phi) is 18.3. The molecular weight excluding hydrogens is 268 g/mol. The lowest BCUT2D eigenvalue weighted by Crippen LogP contribution is -2.03. The molecule has 3 N–H and O–H groups in total. The number of carboxylic acid groups (broad SMARTS) is 1. The lowest BCUT2D eigenvalue weighted by molar-refractivity contribution is -0.132. The number of aliphatic hydroxyl groups excluding tert-OH is 2. The normalized spacial score (nSPS) is 12.5. The molecular formula is C17H34O4. The fourth-order valence-electron chi connectivity index (χ4n) is 1.70. The van der Waals surface area contributed by atoms with E-state index in [9.17, 15) is 9.90 Å². The van der Waals surface area contributed by atoms with E-state index in [4.69, 9.17) is 10.2 Å². The molecule has 126 valence electrons. The van der Waals surface area contributed by atoms with Gasteiger partial charge in [0.2, 0.25) is 0 Å². The van der Waals surface area contributed by atoms with E-state index in [1.807, 2.05) is 6.92 Å². The predicted molar refractivity (Wildman–Crippen MR) is 87.4 cm³/mol. The van der Waals surface area contributed by atoms with E-state index >= 15 is 0 Å². The first-order valence-corrected chi connectivity index (χ1v) is 8.14. The standard InChI is InChI=1S/C12H26O2.C5H8O2/c1-2-12(14)10-8-6-4-3-5-7-9-11-13;1-3-4(2)5(6)7/h12-14H,2-11H2,1H3;3H,1-2H3,(H,6,7). The number of aliphatic carboxylic acids is 1. The number of unbranched alkanes of at least 4 members (excludes halogenated alkanes) is 6. The van der Waals surface area contributed by atoms with Gasteiger partial charge in [0.15, 0.2) is 0 Å². The summed E-state index contributed by atoms with van der Waals surface area (Å²) in [7, 11) is 0. The van der Waals surface area contributed by atoms with E-state index < -0.39 is 5.97 Å².